The van der Waals surface area contributed by atoms with Crippen LogP contribution in [0.5, 0.6) is 0 Å². The van der Waals surface area contributed by atoms with Crippen molar-refractivity contribution in [3.63, 3.8) is 0 Å². The number of hydrogen-bond donors (Lipinski definition) is 0. The monoisotopic (exact) mass is 453 g/mol. The summed E-state index contributed by atoms with van der Waals surface area (Å²) in [7, 11) is 0. The van der Waals surface area contributed by atoms with Crippen molar-refractivity contribution in [1.82, 2.24) is 0 Å². The number of rotatable bonds is 1. The van der Waals surface area contributed by atoms with Crippen LogP contribution in [0.4, 0.5) is 0 Å². The van der Waals surface area contributed by atoms with Gasteiger partial charge in [-0.1, -0.05) is 46.1 Å². The van der Waals surface area contributed by atoms with Crippen molar-refractivity contribution >= 4 is 0 Å². The normalized spacial score (nSPS) is 8.76. The first kappa shape index (κ1) is 19.0. The van der Waals surface area contributed by atoms with E-state index in [0.717, 1.165) is 11.5 Å². The van der Waals surface area contributed by atoms with E-state index >= 15 is 0 Å². The Bertz CT molecular complexity index is 412. The molecule has 0 unspecified atom stereocenters. The Balaban J connectivity index is 0. The van der Waals surface area contributed by atoms with E-state index in [9.17, 15) is 0 Å². The van der Waals surface area contributed by atoms with Gasteiger partial charge in [-0.05, 0) is 6.92 Å². The van der Waals surface area contributed by atoms with Gasteiger partial charge in [-0.2, -0.15) is 5.56 Å². The molecule has 90 valence electrons. The van der Waals surface area contributed by atoms with Crippen LogP contribution in [0.2, 0.25) is 0 Å². The van der Waals surface area contributed by atoms with Crippen molar-refractivity contribution in [2.75, 3.05) is 0 Å². The summed E-state index contributed by atoms with van der Waals surface area (Å²) in [6, 6.07) is 2.25. The van der Waals surface area contributed by atoms with Gasteiger partial charge in [0.2, 0.25) is 0 Å². The van der Waals surface area contributed by atoms with Crippen LogP contribution in [-0.2, 0) is 0 Å². The molecule has 0 amide bonds. The second-order valence-corrected chi connectivity index (χ2v) is 4.24. The Hall–Kier alpha value is -0.368. The Kier molecular flexibility index (Phi) is 7.99. The molecular formula is C15H21NU. The predicted octanol–water partition coefficient (Wildman–Crippen LogP) is 4.15. The zero-order valence-electron chi connectivity index (χ0n) is 11.9. The summed E-state index contributed by atoms with van der Waals surface area (Å²) in [5.41, 5.74) is 7.59. The third-order valence-corrected chi connectivity index (χ3v) is 3.54. The topological polar surface area (TPSA) is 23.8 Å². The molecule has 0 saturated heterocycles. The van der Waals surface area contributed by atoms with E-state index < -0.39 is 0 Å². The maximum Gasteiger partial charge on any atom is 2.00 e. The molecule has 17 heavy (non-hydrogen) atoms. The van der Waals surface area contributed by atoms with E-state index in [2.05, 4.69) is 40.7 Å². The molecule has 0 heterocycles. The third kappa shape index (κ3) is 3.31. The van der Waals surface area contributed by atoms with Gasteiger partial charge in [0.05, 0.1) is 0 Å². The second-order valence-electron chi connectivity index (χ2n) is 4.24. The summed E-state index contributed by atoms with van der Waals surface area (Å²) in [5, 5.41) is 9.00. The van der Waals surface area contributed by atoms with Crippen LogP contribution in [0, 0.1) is 90.4 Å². The first-order chi connectivity index (χ1) is 6.91. The Morgan fingerprint density at radius 3 is 1.41 bits per heavy atom. The quantitative estimate of drug-likeness (QED) is 0.587. The van der Waals surface area contributed by atoms with Gasteiger partial charge < -0.3 is 7.43 Å². The molecule has 1 nitrogen and oxygen atoms in total. The molecule has 0 bridgehead atoms. The molecule has 2 heteroatoms. The third-order valence-electron chi connectivity index (χ3n) is 3.54. The number of benzene rings is 1. The van der Waals surface area contributed by atoms with E-state index in [1.165, 1.54) is 27.8 Å². The van der Waals surface area contributed by atoms with Gasteiger partial charge >= 0.3 is 31.1 Å². The van der Waals surface area contributed by atoms with E-state index in [0.29, 0.717) is 0 Å². The number of hydrogen-bond acceptors (Lipinski definition) is 1. The van der Waals surface area contributed by atoms with Crippen molar-refractivity contribution in [3.8, 4) is 6.07 Å². The molecule has 0 aromatic heterocycles. The van der Waals surface area contributed by atoms with E-state index in [1.54, 1.807) is 0 Å². The molecule has 0 atom stereocenters. The first-order valence-electron chi connectivity index (χ1n) is 5.22. The molecule has 0 aliphatic carbocycles. The van der Waals surface area contributed by atoms with Gasteiger partial charge in [0.1, 0.15) is 0 Å². The van der Waals surface area contributed by atoms with E-state index in [-0.39, 0.29) is 38.5 Å². The maximum atomic E-state index is 9.00. The SMILES string of the molecule is Cc1c(C)c(C)c([C-](C)C#N)c(C)c1C.[CH3-].[U+2]. The molecule has 0 aliphatic rings. The van der Waals surface area contributed by atoms with Crippen molar-refractivity contribution in [2.45, 2.75) is 41.5 Å². The number of nitrogens with zero attached hydrogens (tertiary/aromatic N) is 1. The molecule has 0 N–H and O–H groups in total. The van der Waals surface area contributed by atoms with Crippen LogP contribution < -0.4 is 0 Å². The van der Waals surface area contributed by atoms with Gasteiger partial charge in [-0.15, -0.1) is 22.3 Å². The average molecular weight is 453 g/mol. The van der Waals surface area contributed by atoms with Gasteiger partial charge in [-0.3, -0.25) is 0 Å². The van der Waals surface area contributed by atoms with Crippen LogP contribution in [0.3, 0.4) is 0 Å². The zero-order chi connectivity index (χ0) is 11.7. The van der Waals surface area contributed by atoms with Crippen LogP contribution >= 0.6 is 0 Å². The summed E-state index contributed by atoms with van der Waals surface area (Å²) in [6.07, 6.45) is 0. The molecule has 0 radical (unpaired) electrons. The molecule has 1 rings (SSSR count). The average Bonchev–Trinajstić information content (AvgIpc) is 2.23. The van der Waals surface area contributed by atoms with Crippen LogP contribution in [0.15, 0.2) is 0 Å². The zero-order valence-corrected chi connectivity index (χ0v) is 16.1. The molecular weight excluding hydrogens is 432 g/mol. The first-order valence-corrected chi connectivity index (χ1v) is 5.22. The van der Waals surface area contributed by atoms with Crippen molar-refractivity contribution in [1.29, 1.82) is 5.26 Å². The summed E-state index contributed by atoms with van der Waals surface area (Å²) in [6.45, 7) is 12.5. The smallest absolute Gasteiger partial charge is 0.358 e. The van der Waals surface area contributed by atoms with Crippen molar-refractivity contribution < 1.29 is 31.1 Å². The molecule has 0 fully saturated rings. The van der Waals surface area contributed by atoms with Gasteiger partial charge in [0, 0.05) is 6.07 Å². The van der Waals surface area contributed by atoms with Crippen molar-refractivity contribution in [3.05, 3.63) is 46.7 Å². The minimum Gasteiger partial charge on any atom is -0.358 e. The Morgan fingerprint density at radius 1 is 0.824 bits per heavy atom. The minimum atomic E-state index is 0. The molecule has 0 saturated carbocycles. The predicted molar refractivity (Wildman–Crippen MR) is 70.2 cm³/mol. The summed E-state index contributed by atoms with van der Waals surface area (Å²) in [5.74, 6) is 0.816. The molecule has 1 aromatic rings. The fraction of sp³-hybridized carbons (Fsp3) is 0.400. The fourth-order valence-electron chi connectivity index (χ4n) is 2.12. The van der Waals surface area contributed by atoms with Crippen LogP contribution in [0.25, 0.3) is 0 Å². The van der Waals surface area contributed by atoms with Gasteiger partial charge in [0.15, 0.2) is 0 Å². The van der Waals surface area contributed by atoms with E-state index in [4.69, 9.17) is 5.26 Å². The largest absolute Gasteiger partial charge is 2.00 e. The van der Waals surface area contributed by atoms with Crippen LogP contribution in [-0.4, -0.2) is 0 Å². The number of nitriles is 1. The summed E-state index contributed by atoms with van der Waals surface area (Å²) < 4.78 is 0. The molecule has 0 spiro atoms. The summed E-state index contributed by atoms with van der Waals surface area (Å²) in [4.78, 5) is 0. The molecule has 1 aromatic carbocycles. The van der Waals surface area contributed by atoms with Gasteiger partial charge in [0.25, 0.3) is 0 Å². The summed E-state index contributed by atoms with van der Waals surface area (Å²) >= 11 is 0. The maximum absolute atomic E-state index is 9.00. The van der Waals surface area contributed by atoms with Gasteiger partial charge in [-0.25, -0.2) is 5.26 Å². The van der Waals surface area contributed by atoms with E-state index in [1.807, 2.05) is 6.92 Å². The Labute approximate surface area is 130 Å². The fourth-order valence-corrected chi connectivity index (χ4v) is 2.12. The Morgan fingerprint density at radius 2 is 1.12 bits per heavy atom. The van der Waals surface area contributed by atoms with Crippen molar-refractivity contribution in [2.24, 2.45) is 0 Å². The minimum absolute atomic E-state index is 0. The molecule has 0 aliphatic heterocycles. The van der Waals surface area contributed by atoms with Crippen LogP contribution in [0.1, 0.15) is 40.3 Å². The second kappa shape index (κ2) is 7.15. The standard InChI is InChI=1S/C14H18N.CH3.U/c1-8(7-15)14-12(5)10(3)9(2)11(4)13(14)6;;/h1-6H3;1H3;/q2*-1;+2.